The van der Waals surface area contributed by atoms with Gasteiger partial charge >= 0.3 is 0 Å². The summed E-state index contributed by atoms with van der Waals surface area (Å²) >= 11 is 7.46. The summed E-state index contributed by atoms with van der Waals surface area (Å²) in [6.07, 6.45) is 4.52. The summed E-state index contributed by atoms with van der Waals surface area (Å²) in [6.45, 7) is 2.90. The average molecular weight is 503 g/mol. The van der Waals surface area contributed by atoms with Crippen molar-refractivity contribution in [3.63, 3.8) is 0 Å². The van der Waals surface area contributed by atoms with E-state index in [1.807, 2.05) is 66.2 Å². The molecule has 3 aromatic heterocycles. The van der Waals surface area contributed by atoms with E-state index in [9.17, 15) is 4.79 Å². The van der Waals surface area contributed by atoms with E-state index in [1.54, 1.807) is 0 Å². The molecule has 0 saturated heterocycles. The molecule has 5 aromatic rings. The van der Waals surface area contributed by atoms with E-state index >= 15 is 0 Å². The summed E-state index contributed by atoms with van der Waals surface area (Å²) in [5.41, 5.74) is 3.53. The van der Waals surface area contributed by atoms with Crippen LogP contribution in [0.5, 0.6) is 0 Å². The van der Waals surface area contributed by atoms with Crippen LogP contribution in [-0.4, -0.2) is 30.5 Å². The van der Waals surface area contributed by atoms with Gasteiger partial charge in [-0.1, -0.05) is 18.0 Å². The second-order valence-electron chi connectivity index (χ2n) is 8.74. The molecule has 0 atom stereocenters. The molecule has 1 amide bonds. The Morgan fingerprint density at radius 1 is 1.03 bits per heavy atom. The minimum atomic E-state index is -0.141. The lowest BCUT2D eigenvalue weighted by atomic mass is 10.2. The monoisotopic (exact) mass is 502 g/mol. The van der Waals surface area contributed by atoms with Gasteiger partial charge in [0.15, 0.2) is 5.82 Å². The van der Waals surface area contributed by atoms with Gasteiger partial charge in [-0.15, -0.1) is 21.5 Å². The Balaban J connectivity index is 1.23. The molecule has 1 aliphatic rings. The Labute approximate surface area is 211 Å². The highest BCUT2D eigenvalue weighted by molar-refractivity contribution is 7.20. The van der Waals surface area contributed by atoms with Crippen molar-refractivity contribution in [3.05, 3.63) is 76.0 Å². The van der Waals surface area contributed by atoms with Gasteiger partial charge in [0.1, 0.15) is 10.7 Å². The molecule has 2 aromatic carbocycles. The zero-order valence-corrected chi connectivity index (χ0v) is 20.7. The molecule has 0 saturated carbocycles. The van der Waals surface area contributed by atoms with Gasteiger partial charge in [-0.25, -0.2) is 4.68 Å². The maximum absolute atomic E-state index is 13.1. The lowest BCUT2D eigenvalue weighted by molar-refractivity contribution is 0.103. The van der Waals surface area contributed by atoms with E-state index in [1.165, 1.54) is 17.8 Å². The van der Waals surface area contributed by atoms with Crippen molar-refractivity contribution in [3.8, 4) is 17.1 Å². The molecule has 176 valence electrons. The highest BCUT2D eigenvalue weighted by atomic mass is 35.5. The molecule has 35 heavy (non-hydrogen) atoms. The normalized spacial score (nSPS) is 13.5. The van der Waals surface area contributed by atoms with Gasteiger partial charge in [0.2, 0.25) is 0 Å². The number of fused-ring (bicyclic) bond motifs is 2. The lowest BCUT2D eigenvalue weighted by Gasteiger charge is -2.08. The second kappa shape index (κ2) is 8.94. The van der Waals surface area contributed by atoms with E-state index in [4.69, 9.17) is 11.6 Å². The van der Waals surface area contributed by atoms with Crippen molar-refractivity contribution in [2.24, 2.45) is 0 Å². The van der Waals surface area contributed by atoms with E-state index in [2.05, 4.69) is 25.2 Å². The standard InChI is InChI=1S/C26H23ClN6OS/c1-16-21-15-22(35-26(21)33(31-16)20-12-8-18(27)9-13-20)25(34)28-19-10-6-17(7-11-19)24-30-29-23-5-3-2-4-14-32(23)24/h6-13,15H,2-5,14H2,1H3,(H,28,34). The molecule has 0 spiro atoms. The number of halogens is 1. The molecule has 0 unspecified atom stereocenters. The molecule has 0 aliphatic carbocycles. The quantitative estimate of drug-likeness (QED) is 0.313. The van der Waals surface area contributed by atoms with E-state index < -0.39 is 0 Å². The van der Waals surface area contributed by atoms with Crippen LogP contribution in [0.3, 0.4) is 0 Å². The Hall–Kier alpha value is -3.49. The van der Waals surface area contributed by atoms with E-state index in [-0.39, 0.29) is 5.91 Å². The maximum atomic E-state index is 13.1. The van der Waals surface area contributed by atoms with Crippen molar-refractivity contribution in [2.75, 3.05) is 5.32 Å². The van der Waals surface area contributed by atoms with Gasteiger partial charge in [-0.2, -0.15) is 5.10 Å². The van der Waals surface area contributed by atoms with Crippen LogP contribution < -0.4 is 5.32 Å². The fourth-order valence-electron chi connectivity index (χ4n) is 4.51. The predicted molar refractivity (Wildman–Crippen MR) is 140 cm³/mol. The zero-order valence-electron chi connectivity index (χ0n) is 19.2. The van der Waals surface area contributed by atoms with Gasteiger partial charge in [-0.05, 0) is 74.4 Å². The highest BCUT2D eigenvalue weighted by Crippen LogP contribution is 2.31. The maximum Gasteiger partial charge on any atom is 0.265 e. The summed E-state index contributed by atoms with van der Waals surface area (Å²) < 4.78 is 4.09. The molecule has 1 aliphatic heterocycles. The topological polar surface area (TPSA) is 77.6 Å². The highest BCUT2D eigenvalue weighted by Gasteiger charge is 2.19. The predicted octanol–water partition coefficient (Wildman–Crippen LogP) is 6.29. The second-order valence-corrected chi connectivity index (χ2v) is 10.2. The van der Waals surface area contributed by atoms with Crippen LogP contribution in [0.15, 0.2) is 54.6 Å². The Kier molecular flexibility index (Phi) is 5.62. The van der Waals surface area contributed by atoms with Gasteiger partial charge in [-0.3, -0.25) is 4.79 Å². The van der Waals surface area contributed by atoms with Crippen LogP contribution in [0.1, 0.15) is 40.5 Å². The summed E-state index contributed by atoms with van der Waals surface area (Å²) in [6, 6.07) is 17.2. The molecular weight excluding hydrogens is 480 g/mol. The molecule has 0 radical (unpaired) electrons. The van der Waals surface area contributed by atoms with Crippen LogP contribution in [0.4, 0.5) is 5.69 Å². The van der Waals surface area contributed by atoms with Crippen LogP contribution in [0.2, 0.25) is 5.02 Å². The largest absolute Gasteiger partial charge is 0.321 e. The summed E-state index contributed by atoms with van der Waals surface area (Å²) in [7, 11) is 0. The smallest absolute Gasteiger partial charge is 0.265 e. The molecule has 4 heterocycles. The number of aromatic nitrogens is 5. The molecular formula is C26H23ClN6OS. The first kappa shape index (κ1) is 22.0. The Morgan fingerprint density at radius 2 is 1.83 bits per heavy atom. The number of carbonyl (C=O) groups excluding carboxylic acids is 1. The summed E-state index contributed by atoms with van der Waals surface area (Å²) in [4.78, 5) is 14.6. The number of aryl methyl sites for hydroxylation is 2. The van der Waals surface area contributed by atoms with Gasteiger partial charge < -0.3 is 9.88 Å². The van der Waals surface area contributed by atoms with Crippen LogP contribution in [0.25, 0.3) is 27.3 Å². The first-order chi connectivity index (χ1) is 17.1. The molecule has 6 rings (SSSR count). The van der Waals surface area contributed by atoms with Crippen molar-refractivity contribution in [1.82, 2.24) is 24.5 Å². The van der Waals surface area contributed by atoms with E-state index in [0.29, 0.717) is 9.90 Å². The third-order valence-electron chi connectivity index (χ3n) is 6.35. The number of rotatable bonds is 4. The number of thiophene rings is 1. The van der Waals surface area contributed by atoms with Crippen molar-refractivity contribution < 1.29 is 4.79 Å². The van der Waals surface area contributed by atoms with E-state index in [0.717, 1.165) is 70.3 Å². The molecule has 7 nitrogen and oxygen atoms in total. The average Bonchev–Trinajstić information content (AvgIpc) is 3.51. The third kappa shape index (κ3) is 4.13. The summed E-state index contributed by atoms with van der Waals surface area (Å²) in [5, 5.41) is 18.1. The Morgan fingerprint density at radius 3 is 2.63 bits per heavy atom. The van der Waals surface area contributed by atoms with Gasteiger partial charge in [0, 0.05) is 34.6 Å². The third-order valence-corrected chi connectivity index (χ3v) is 7.71. The lowest BCUT2D eigenvalue weighted by Crippen LogP contribution is -2.10. The molecule has 0 bridgehead atoms. The Bertz CT molecular complexity index is 1530. The fourth-order valence-corrected chi connectivity index (χ4v) is 5.71. The zero-order chi connectivity index (χ0) is 23.9. The first-order valence-electron chi connectivity index (χ1n) is 11.7. The van der Waals surface area contributed by atoms with Crippen molar-refractivity contribution in [2.45, 2.75) is 39.2 Å². The molecule has 0 fully saturated rings. The molecule has 1 N–H and O–H groups in total. The minimum absolute atomic E-state index is 0.141. The fraction of sp³-hybridized carbons (Fsp3) is 0.231. The number of benzene rings is 2. The van der Waals surface area contributed by atoms with Crippen LogP contribution >= 0.6 is 22.9 Å². The number of nitrogens with zero attached hydrogens (tertiary/aromatic N) is 5. The number of amides is 1. The number of hydrogen-bond acceptors (Lipinski definition) is 5. The van der Waals surface area contributed by atoms with Crippen molar-refractivity contribution in [1.29, 1.82) is 0 Å². The number of nitrogens with one attached hydrogen (secondary N) is 1. The summed E-state index contributed by atoms with van der Waals surface area (Å²) in [5.74, 6) is 1.82. The number of carbonyl (C=O) groups is 1. The van der Waals surface area contributed by atoms with Gasteiger partial charge in [0.25, 0.3) is 5.91 Å². The minimum Gasteiger partial charge on any atom is -0.321 e. The number of hydrogen-bond donors (Lipinski definition) is 1. The van der Waals surface area contributed by atoms with Crippen molar-refractivity contribution >= 4 is 44.7 Å². The van der Waals surface area contributed by atoms with Gasteiger partial charge in [0.05, 0.1) is 16.3 Å². The van der Waals surface area contributed by atoms with Crippen LogP contribution in [0, 0.1) is 6.92 Å². The molecule has 9 heteroatoms. The first-order valence-corrected chi connectivity index (χ1v) is 12.9. The van der Waals surface area contributed by atoms with Crippen LogP contribution in [-0.2, 0) is 13.0 Å². The SMILES string of the molecule is Cc1nn(-c2ccc(Cl)cc2)c2sc(C(=O)Nc3ccc(-c4nnc5n4CCCCC5)cc3)cc12. The number of anilines is 1.